The molecule has 3 rings (SSSR count). The first-order valence-electron chi connectivity index (χ1n) is 8.46. The Kier molecular flexibility index (Phi) is 4.96. The van der Waals surface area contributed by atoms with E-state index in [1.807, 2.05) is 13.8 Å². The lowest BCUT2D eigenvalue weighted by Gasteiger charge is -2.25. The first-order valence-corrected chi connectivity index (χ1v) is 10.1. The number of ether oxygens (including phenoxy) is 1. The summed E-state index contributed by atoms with van der Waals surface area (Å²) in [7, 11) is -3.49. The lowest BCUT2D eigenvalue weighted by Crippen LogP contribution is -2.39. The molecule has 0 unspecified atom stereocenters. The van der Waals surface area contributed by atoms with Crippen molar-refractivity contribution in [3.8, 4) is 0 Å². The molecule has 9 heteroatoms. The van der Waals surface area contributed by atoms with Gasteiger partial charge < -0.3 is 14.4 Å². The summed E-state index contributed by atoms with van der Waals surface area (Å²) >= 11 is 0. The molecule has 2 aliphatic rings. The minimum Gasteiger partial charge on any atom is -0.379 e. The van der Waals surface area contributed by atoms with Gasteiger partial charge in [0.15, 0.2) is 11.4 Å². The van der Waals surface area contributed by atoms with Crippen LogP contribution in [0.5, 0.6) is 0 Å². The smallest absolute Gasteiger partial charge is 0.260 e. The first-order chi connectivity index (χ1) is 11.3. The molecule has 24 heavy (non-hydrogen) atoms. The van der Waals surface area contributed by atoms with Crippen LogP contribution >= 0.6 is 0 Å². The van der Waals surface area contributed by atoms with Gasteiger partial charge in [-0.15, -0.1) is 0 Å². The molecule has 2 saturated heterocycles. The minimum absolute atomic E-state index is 0.0375. The summed E-state index contributed by atoms with van der Waals surface area (Å²) in [5, 5.41) is 14.6. The summed E-state index contributed by atoms with van der Waals surface area (Å²) in [6.07, 6.45) is 2.73. The van der Waals surface area contributed by atoms with Crippen molar-refractivity contribution in [3.05, 3.63) is 11.7 Å². The van der Waals surface area contributed by atoms with Crippen LogP contribution in [0.1, 0.15) is 57.2 Å². The van der Waals surface area contributed by atoms with Gasteiger partial charge in [-0.05, 0) is 19.3 Å². The van der Waals surface area contributed by atoms with E-state index in [1.165, 1.54) is 4.31 Å². The summed E-state index contributed by atoms with van der Waals surface area (Å²) in [5.74, 6) is 0.647. The zero-order valence-electron chi connectivity index (χ0n) is 14.1. The van der Waals surface area contributed by atoms with Crippen molar-refractivity contribution in [2.45, 2.75) is 57.2 Å². The molecule has 3 heterocycles. The van der Waals surface area contributed by atoms with E-state index >= 15 is 0 Å². The van der Waals surface area contributed by atoms with Gasteiger partial charge in [0.05, 0.1) is 18.4 Å². The summed E-state index contributed by atoms with van der Waals surface area (Å²) in [4.78, 5) is 4.22. The molecule has 0 bridgehead atoms. The third-order valence-corrected chi connectivity index (χ3v) is 6.52. The maximum Gasteiger partial charge on any atom is 0.260 e. The fraction of sp³-hybridized carbons (Fsp3) is 0.867. The van der Waals surface area contributed by atoms with E-state index in [1.54, 1.807) is 0 Å². The van der Waals surface area contributed by atoms with Crippen LogP contribution in [-0.4, -0.2) is 59.5 Å². The van der Waals surface area contributed by atoms with E-state index in [4.69, 9.17) is 9.26 Å². The van der Waals surface area contributed by atoms with Gasteiger partial charge >= 0.3 is 0 Å². The SMILES string of the molecule is CC(C)c1noc([C@@]2(O)CCN(S(=O)(=O)C[C@@H]3CCCCO3)C2)n1. The Hall–Kier alpha value is -1.03. The molecule has 136 valence electrons. The number of nitrogens with zero attached hydrogens (tertiary/aromatic N) is 3. The summed E-state index contributed by atoms with van der Waals surface area (Å²) in [6.45, 7) is 4.65. The van der Waals surface area contributed by atoms with Gasteiger partial charge in [0.2, 0.25) is 10.0 Å². The zero-order chi connectivity index (χ0) is 17.4. The normalized spacial score (nSPS) is 29.4. The average Bonchev–Trinajstić information content (AvgIpc) is 3.16. The largest absolute Gasteiger partial charge is 0.379 e. The number of rotatable bonds is 5. The van der Waals surface area contributed by atoms with Gasteiger partial charge in [-0.2, -0.15) is 9.29 Å². The Morgan fingerprint density at radius 1 is 1.42 bits per heavy atom. The standard InChI is InChI=1S/C15H25N3O5S/c1-11(2)13-16-14(23-17-13)15(19)6-7-18(10-15)24(20,21)9-12-5-3-4-8-22-12/h11-12,19H,3-10H2,1-2H3/t12-,15+/m0/s1. The van der Waals surface area contributed by atoms with Crippen LogP contribution in [0.3, 0.4) is 0 Å². The second kappa shape index (κ2) is 6.70. The van der Waals surface area contributed by atoms with Crippen molar-refractivity contribution in [3.63, 3.8) is 0 Å². The Morgan fingerprint density at radius 3 is 2.83 bits per heavy atom. The third kappa shape index (κ3) is 3.63. The number of aromatic nitrogens is 2. The fourth-order valence-corrected chi connectivity index (χ4v) is 4.83. The molecule has 0 spiro atoms. The molecule has 1 aromatic heterocycles. The van der Waals surface area contributed by atoms with Crippen molar-refractivity contribution in [2.75, 3.05) is 25.4 Å². The summed E-state index contributed by atoms with van der Waals surface area (Å²) in [6, 6.07) is 0. The van der Waals surface area contributed by atoms with Crippen LogP contribution in [0.4, 0.5) is 0 Å². The molecule has 0 aliphatic carbocycles. The van der Waals surface area contributed by atoms with E-state index < -0.39 is 15.6 Å². The fourth-order valence-electron chi connectivity index (χ4n) is 3.11. The van der Waals surface area contributed by atoms with Crippen molar-refractivity contribution in [1.29, 1.82) is 0 Å². The Balaban J connectivity index is 1.68. The molecule has 0 aromatic carbocycles. The Morgan fingerprint density at radius 2 is 2.21 bits per heavy atom. The maximum absolute atomic E-state index is 12.6. The van der Waals surface area contributed by atoms with E-state index in [2.05, 4.69) is 10.1 Å². The Bertz CT molecular complexity index is 668. The van der Waals surface area contributed by atoms with Crippen LogP contribution in [0.2, 0.25) is 0 Å². The van der Waals surface area contributed by atoms with E-state index in [0.29, 0.717) is 12.4 Å². The van der Waals surface area contributed by atoms with Crippen LogP contribution < -0.4 is 0 Å². The predicted octanol–water partition coefficient (Wildman–Crippen LogP) is 0.985. The van der Waals surface area contributed by atoms with Gasteiger partial charge in [0, 0.05) is 25.5 Å². The van der Waals surface area contributed by atoms with Crippen LogP contribution in [0, 0.1) is 0 Å². The number of hydrogen-bond acceptors (Lipinski definition) is 7. The molecule has 1 N–H and O–H groups in total. The number of sulfonamides is 1. The quantitative estimate of drug-likeness (QED) is 0.835. The van der Waals surface area contributed by atoms with Crippen LogP contribution in [0.25, 0.3) is 0 Å². The summed E-state index contributed by atoms with van der Waals surface area (Å²) < 4.78 is 37.2. The lowest BCUT2D eigenvalue weighted by molar-refractivity contribution is 0.0184. The molecule has 2 atom stereocenters. The molecule has 1 aromatic rings. The molecular formula is C15H25N3O5S. The van der Waals surface area contributed by atoms with Gasteiger partial charge in [-0.25, -0.2) is 8.42 Å². The van der Waals surface area contributed by atoms with Gasteiger partial charge in [0.1, 0.15) is 0 Å². The topological polar surface area (TPSA) is 106 Å². The molecule has 0 saturated carbocycles. The second-order valence-electron chi connectivity index (χ2n) is 6.99. The number of hydrogen-bond donors (Lipinski definition) is 1. The molecular weight excluding hydrogens is 334 g/mol. The number of aliphatic hydroxyl groups is 1. The predicted molar refractivity (Wildman–Crippen MR) is 85.9 cm³/mol. The lowest BCUT2D eigenvalue weighted by atomic mass is 10.0. The minimum atomic E-state index is -3.49. The Labute approximate surface area is 142 Å². The van der Waals surface area contributed by atoms with Crippen molar-refractivity contribution in [2.24, 2.45) is 0 Å². The second-order valence-corrected chi connectivity index (χ2v) is 9.01. The maximum atomic E-state index is 12.6. The highest BCUT2D eigenvalue weighted by molar-refractivity contribution is 7.89. The number of β-amino-alcohol motifs (C(OH)–C–C–N with tert-alkyl or cyclic N) is 1. The van der Waals surface area contributed by atoms with Gasteiger partial charge in [-0.1, -0.05) is 19.0 Å². The average molecular weight is 359 g/mol. The highest BCUT2D eigenvalue weighted by Crippen LogP contribution is 2.33. The highest BCUT2D eigenvalue weighted by atomic mass is 32.2. The van der Waals surface area contributed by atoms with Crippen molar-refractivity contribution < 1.29 is 22.8 Å². The highest BCUT2D eigenvalue weighted by Gasteiger charge is 2.46. The monoisotopic (exact) mass is 359 g/mol. The van der Waals surface area contributed by atoms with Crippen LogP contribution in [-0.2, 0) is 20.4 Å². The molecule has 2 fully saturated rings. The summed E-state index contributed by atoms with van der Waals surface area (Å²) in [5.41, 5.74) is -1.42. The molecule has 0 radical (unpaired) electrons. The van der Waals surface area contributed by atoms with Gasteiger partial charge in [0.25, 0.3) is 5.89 Å². The van der Waals surface area contributed by atoms with E-state index in [9.17, 15) is 13.5 Å². The van der Waals surface area contributed by atoms with Gasteiger partial charge in [-0.3, -0.25) is 0 Å². The van der Waals surface area contributed by atoms with E-state index in [-0.39, 0.29) is 43.2 Å². The van der Waals surface area contributed by atoms with Crippen molar-refractivity contribution >= 4 is 10.0 Å². The molecule has 8 nitrogen and oxygen atoms in total. The van der Waals surface area contributed by atoms with E-state index in [0.717, 1.165) is 19.3 Å². The molecule has 0 amide bonds. The first kappa shape index (κ1) is 17.8. The zero-order valence-corrected chi connectivity index (χ0v) is 15.0. The van der Waals surface area contributed by atoms with Crippen LogP contribution in [0.15, 0.2) is 4.52 Å². The third-order valence-electron chi connectivity index (χ3n) is 4.63. The molecule has 2 aliphatic heterocycles. The van der Waals surface area contributed by atoms with Crippen molar-refractivity contribution in [1.82, 2.24) is 14.4 Å².